The molecule has 3 rings (SSSR count). The average molecular weight is 366 g/mol. The lowest BCUT2D eigenvalue weighted by Gasteiger charge is -2.32. The molecule has 1 saturated heterocycles. The first kappa shape index (κ1) is 17.7. The number of carbonyl (C=O) groups excluding carboxylic acids is 1. The molecule has 1 atom stereocenters. The van der Waals surface area contributed by atoms with Crippen molar-refractivity contribution in [1.82, 2.24) is 14.7 Å². The molecule has 7 heteroatoms. The average Bonchev–Trinajstić information content (AvgIpc) is 2.88. The van der Waals surface area contributed by atoms with Crippen LogP contribution in [-0.2, 0) is 7.05 Å². The zero-order valence-corrected chi connectivity index (χ0v) is 15.1. The summed E-state index contributed by atoms with van der Waals surface area (Å²) in [5.74, 6) is 0.434. The van der Waals surface area contributed by atoms with Crippen molar-refractivity contribution in [3.8, 4) is 5.75 Å². The summed E-state index contributed by atoms with van der Waals surface area (Å²) in [7, 11) is 1.77. The molecule has 1 aliphatic heterocycles. The molecule has 0 bridgehead atoms. The van der Waals surface area contributed by atoms with Crippen LogP contribution in [0, 0.1) is 18.7 Å². The minimum Gasteiger partial charge on any atom is -0.493 e. The van der Waals surface area contributed by atoms with E-state index in [1.807, 2.05) is 6.92 Å². The van der Waals surface area contributed by atoms with Gasteiger partial charge in [0, 0.05) is 26.1 Å². The Morgan fingerprint density at radius 2 is 2.12 bits per heavy atom. The van der Waals surface area contributed by atoms with Gasteiger partial charge in [-0.05, 0) is 44.0 Å². The van der Waals surface area contributed by atoms with E-state index in [1.54, 1.807) is 28.8 Å². The fourth-order valence-electron chi connectivity index (χ4n) is 3.00. The molecule has 0 unspecified atom stereocenters. The van der Waals surface area contributed by atoms with Crippen LogP contribution < -0.4 is 4.74 Å². The molecule has 0 saturated carbocycles. The Bertz CT molecular complexity index is 760. The van der Waals surface area contributed by atoms with Gasteiger partial charge in [0.2, 0.25) is 0 Å². The SMILES string of the molecule is Cc1c(Cl)c(C(=O)N2CCC[C@H](COc3ccc(F)cc3)C2)nn1C. The Hall–Kier alpha value is -2.08. The summed E-state index contributed by atoms with van der Waals surface area (Å²) in [6.07, 6.45) is 1.90. The van der Waals surface area contributed by atoms with E-state index in [4.69, 9.17) is 16.3 Å². The molecule has 2 heterocycles. The van der Waals surface area contributed by atoms with Crippen LogP contribution >= 0.6 is 11.6 Å². The molecule has 1 amide bonds. The van der Waals surface area contributed by atoms with Gasteiger partial charge < -0.3 is 9.64 Å². The van der Waals surface area contributed by atoms with Gasteiger partial charge in [-0.3, -0.25) is 9.48 Å². The summed E-state index contributed by atoms with van der Waals surface area (Å²) in [5.41, 5.74) is 1.08. The molecule has 134 valence electrons. The molecule has 1 aromatic heterocycles. The first-order valence-electron chi connectivity index (χ1n) is 8.32. The third kappa shape index (κ3) is 3.95. The highest BCUT2D eigenvalue weighted by Gasteiger charge is 2.28. The number of likely N-dealkylation sites (tertiary alicyclic amines) is 1. The first-order chi connectivity index (χ1) is 12.0. The molecule has 25 heavy (non-hydrogen) atoms. The third-order valence-corrected chi connectivity index (χ3v) is 5.02. The van der Waals surface area contributed by atoms with Gasteiger partial charge in [-0.2, -0.15) is 5.10 Å². The lowest BCUT2D eigenvalue weighted by molar-refractivity contribution is 0.0627. The van der Waals surface area contributed by atoms with Crippen molar-refractivity contribution in [3.63, 3.8) is 0 Å². The van der Waals surface area contributed by atoms with Crippen molar-refractivity contribution in [1.29, 1.82) is 0 Å². The van der Waals surface area contributed by atoms with Gasteiger partial charge in [-0.25, -0.2) is 4.39 Å². The fraction of sp³-hybridized carbons (Fsp3) is 0.444. The predicted octanol–water partition coefficient (Wildman–Crippen LogP) is 3.45. The van der Waals surface area contributed by atoms with Crippen LogP contribution in [-0.4, -0.2) is 40.3 Å². The Morgan fingerprint density at radius 3 is 2.76 bits per heavy atom. The molecular weight excluding hydrogens is 345 g/mol. The highest BCUT2D eigenvalue weighted by atomic mass is 35.5. The molecule has 0 N–H and O–H groups in total. The van der Waals surface area contributed by atoms with Gasteiger partial charge in [0.1, 0.15) is 11.6 Å². The van der Waals surface area contributed by atoms with E-state index < -0.39 is 0 Å². The maximum Gasteiger partial charge on any atom is 0.275 e. The molecule has 0 spiro atoms. The zero-order chi connectivity index (χ0) is 18.0. The van der Waals surface area contributed by atoms with Crippen LogP contribution in [0.4, 0.5) is 4.39 Å². The van der Waals surface area contributed by atoms with E-state index >= 15 is 0 Å². The number of rotatable bonds is 4. The van der Waals surface area contributed by atoms with Crippen molar-refractivity contribution in [2.45, 2.75) is 19.8 Å². The maximum atomic E-state index is 12.9. The Labute approximate surface area is 151 Å². The lowest BCUT2D eigenvalue weighted by Crippen LogP contribution is -2.41. The largest absolute Gasteiger partial charge is 0.493 e. The number of amides is 1. The molecule has 0 aliphatic carbocycles. The van der Waals surface area contributed by atoms with Gasteiger partial charge in [0.25, 0.3) is 5.91 Å². The van der Waals surface area contributed by atoms with Crippen molar-refractivity contribution >= 4 is 17.5 Å². The van der Waals surface area contributed by atoms with E-state index in [0.29, 0.717) is 36.2 Å². The van der Waals surface area contributed by atoms with Crippen LogP contribution in [0.25, 0.3) is 0 Å². The maximum absolute atomic E-state index is 12.9. The van der Waals surface area contributed by atoms with Crippen molar-refractivity contribution < 1.29 is 13.9 Å². The third-order valence-electron chi connectivity index (χ3n) is 4.57. The molecule has 1 aromatic carbocycles. The number of nitrogens with zero attached hydrogens (tertiary/aromatic N) is 3. The van der Waals surface area contributed by atoms with Crippen LogP contribution in [0.1, 0.15) is 29.0 Å². The van der Waals surface area contributed by atoms with Gasteiger partial charge in [-0.15, -0.1) is 0 Å². The summed E-state index contributed by atoms with van der Waals surface area (Å²) >= 11 is 6.23. The Morgan fingerprint density at radius 1 is 1.40 bits per heavy atom. The second-order valence-electron chi connectivity index (χ2n) is 6.40. The molecule has 1 fully saturated rings. The smallest absolute Gasteiger partial charge is 0.275 e. The molecule has 5 nitrogen and oxygen atoms in total. The quantitative estimate of drug-likeness (QED) is 0.833. The summed E-state index contributed by atoms with van der Waals surface area (Å²) in [6.45, 7) is 3.62. The van der Waals surface area contributed by atoms with E-state index in [9.17, 15) is 9.18 Å². The monoisotopic (exact) mass is 365 g/mol. The van der Waals surface area contributed by atoms with E-state index in [2.05, 4.69) is 5.10 Å². The number of aryl methyl sites for hydroxylation is 1. The Kier molecular flexibility index (Phi) is 5.27. The number of aromatic nitrogens is 2. The molecule has 0 radical (unpaired) electrons. The zero-order valence-electron chi connectivity index (χ0n) is 14.3. The summed E-state index contributed by atoms with van der Waals surface area (Å²) in [5, 5.41) is 4.65. The lowest BCUT2D eigenvalue weighted by atomic mass is 9.98. The minimum absolute atomic E-state index is 0.139. The van der Waals surface area contributed by atoms with Crippen LogP contribution in [0.15, 0.2) is 24.3 Å². The number of halogens is 2. The highest BCUT2D eigenvalue weighted by molar-refractivity contribution is 6.34. The van der Waals surface area contributed by atoms with Crippen molar-refractivity contribution in [3.05, 3.63) is 46.5 Å². The van der Waals surface area contributed by atoms with E-state index in [0.717, 1.165) is 18.5 Å². The minimum atomic E-state index is -0.288. The summed E-state index contributed by atoms with van der Waals surface area (Å²) < 4.78 is 20.3. The number of ether oxygens (including phenoxy) is 1. The number of carbonyl (C=O) groups is 1. The standard InChI is InChI=1S/C18H21ClFN3O2/c1-12-16(19)17(21-22(12)2)18(24)23-9-3-4-13(10-23)11-25-15-7-5-14(20)6-8-15/h5-8,13H,3-4,9-11H2,1-2H3/t13-/m0/s1. The fourth-order valence-corrected chi connectivity index (χ4v) is 3.24. The normalized spacial score (nSPS) is 17.6. The van der Waals surface area contributed by atoms with Gasteiger partial charge >= 0.3 is 0 Å². The van der Waals surface area contributed by atoms with Crippen molar-refractivity contribution in [2.24, 2.45) is 13.0 Å². The second-order valence-corrected chi connectivity index (χ2v) is 6.77. The predicted molar refractivity (Wildman–Crippen MR) is 93.5 cm³/mol. The topological polar surface area (TPSA) is 47.4 Å². The molecule has 1 aliphatic rings. The highest BCUT2D eigenvalue weighted by Crippen LogP contribution is 2.24. The van der Waals surface area contributed by atoms with Crippen molar-refractivity contribution in [2.75, 3.05) is 19.7 Å². The van der Waals surface area contributed by atoms with Crippen LogP contribution in [0.2, 0.25) is 5.02 Å². The summed E-state index contributed by atoms with van der Waals surface area (Å²) in [4.78, 5) is 14.5. The number of hydrogen-bond acceptors (Lipinski definition) is 3. The van der Waals surface area contributed by atoms with Gasteiger partial charge in [0.05, 0.1) is 17.3 Å². The van der Waals surface area contributed by atoms with E-state index in [1.165, 1.54) is 12.1 Å². The number of benzene rings is 1. The van der Waals surface area contributed by atoms with Gasteiger partial charge in [0.15, 0.2) is 5.69 Å². The first-order valence-corrected chi connectivity index (χ1v) is 8.70. The van der Waals surface area contributed by atoms with Gasteiger partial charge in [-0.1, -0.05) is 11.6 Å². The molecular formula is C18H21ClFN3O2. The Balaban J connectivity index is 1.61. The summed E-state index contributed by atoms with van der Waals surface area (Å²) in [6, 6.07) is 5.96. The van der Waals surface area contributed by atoms with Crippen LogP contribution in [0.5, 0.6) is 5.75 Å². The molecule has 2 aromatic rings. The van der Waals surface area contributed by atoms with Crippen LogP contribution in [0.3, 0.4) is 0 Å². The second kappa shape index (κ2) is 7.44. The number of hydrogen-bond donors (Lipinski definition) is 0. The van der Waals surface area contributed by atoms with E-state index in [-0.39, 0.29) is 17.6 Å². The number of piperidine rings is 1.